The second kappa shape index (κ2) is 9.93. The highest BCUT2D eigenvalue weighted by molar-refractivity contribution is 14.1. The molecule has 2 aromatic carbocycles. The van der Waals surface area contributed by atoms with Crippen molar-refractivity contribution in [3.05, 3.63) is 104 Å². The zero-order chi connectivity index (χ0) is 26.1. The number of hydrogen-bond acceptors (Lipinski definition) is 6. The van der Waals surface area contributed by atoms with Crippen LogP contribution in [0.3, 0.4) is 0 Å². The maximum absolute atomic E-state index is 14.9. The number of ether oxygens (including phenoxy) is 1. The van der Waals surface area contributed by atoms with Gasteiger partial charge in [-0.05, 0) is 58.5 Å². The lowest BCUT2D eigenvalue weighted by Gasteiger charge is -2.13. The Morgan fingerprint density at radius 2 is 1.76 bits per heavy atom. The molecule has 5 rings (SSSR count). The Hall–Kier alpha value is -4.39. The number of H-pyrrole nitrogens is 1. The van der Waals surface area contributed by atoms with Crippen molar-refractivity contribution in [2.75, 3.05) is 5.32 Å². The minimum Gasteiger partial charge on any atom is -0.453 e. The number of amides is 1. The number of aromatic nitrogens is 3. The van der Waals surface area contributed by atoms with Gasteiger partial charge in [-0.2, -0.15) is 0 Å². The number of nitrogens with zero attached hydrogens (tertiary/aromatic N) is 2. The van der Waals surface area contributed by atoms with Crippen LogP contribution in [-0.4, -0.2) is 20.9 Å². The molecule has 0 aliphatic heterocycles. The first kappa shape index (κ1) is 24.3. The van der Waals surface area contributed by atoms with Crippen LogP contribution in [0.4, 0.5) is 20.3 Å². The molecule has 4 N–H and O–H groups in total. The maximum atomic E-state index is 14.9. The fraction of sp³-hybridized carbons (Fsp3) is 0. The molecule has 0 spiro atoms. The van der Waals surface area contributed by atoms with E-state index in [0.29, 0.717) is 25.9 Å². The van der Waals surface area contributed by atoms with Gasteiger partial charge in [0.05, 0.1) is 14.5 Å². The first-order valence-electron chi connectivity index (χ1n) is 10.8. The number of nitrogens with two attached hydrogens (primary N) is 1. The van der Waals surface area contributed by atoms with Crippen molar-refractivity contribution in [1.82, 2.24) is 15.0 Å². The smallest absolute Gasteiger partial charge is 0.268 e. The van der Waals surface area contributed by atoms with Crippen molar-refractivity contribution in [2.45, 2.75) is 0 Å². The van der Waals surface area contributed by atoms with Crippen LogP contribution in [0.2, 0.25) is 0 Å². The number of primary amides is 1. The van der Waals surface area contributed by atoms with Gasteiger partial charge in [-0.25, -0.2) is 18.7 Å². The molecule has 5 aromatic rings. The van der Waals surface area contributed by atoms with Crippen molar-refractivity contribution < 1.29 is 18.3 Å². The van der Waals surface area contributed by atoms with E-state index >= 15 is 0 Å². The summed E-state index contributed by atoms with van der Waals surface area (Å²) in [7, 11) is 0. The Morgan fingerprint density at radius 1 is 1.00 bits per heavy atom. The number of anilines is 2. The first-order chi connectivity index (χ1) is 17.8. The van der Waals surface area contributed by atoms with Gasteiger partial charge in [0.25, 0.3) is 5.91 Å². The van der Waals surface area contributed by atoms with Crippen LogP contribution in [-0.2, 0) is 0 Å². The molecule has 0 bridgehead atoms. The Morgan fingerprint density at radius 3 is 2.49 bits per heavy atom. The quantitative estimate of drug-likeness (QED) is 0.218. The predicted molar refractivity (Wildman–Crippen MR) is 143 cm³/mol. The molecule has 37 heavy (non-hydrogen) atoms. The molecule has 0 saturated carbocycles. The van der Waals surface area contributed by atoms with Crippen molar-refractivity contribution in [1.29, 1.82) is 0 Å². The average Bonchev–Trinajstić information content (AvgIpc) is 2.87. The van der Waals surface area contributed by atoms with E-state index in [1.165, 1.54) is 54.9 Å². The van der Waals surface area contributed by atoms with Gasteiger partial charge in [0.1, 0.15) is 23.1 Å². The van der Waals surface area contributed by atoms with Crippen LogP contribution < -0.4 is 21.2 Å². The number of rotatable bonds is 6. The van der Waals surface area contributed by atoms with E-state index in [-0.39, 0.29) is 33.8 Å². The van der Waals surface area contributed by atoms with Crippen molar-refractivity contribution in [3.63, 3.8) is 0 Å². The maximum Gasteiger partial charge on any atom is 0.268 e. The third kappa shape index (κ3) is 4.85. The lowest BCUT2D eigenvalue weighted by atomic mass is 10.0. The first-order valence-corrected chi connectivity index (χ1v) is 11.8. The van der Waals surface area contributed by atoms with Gasteiger partial charge < -0.3 is 20.8 Å². The Bertz CT molecular complexity index is 1720. The highest BCUT2D eigenvalue weighted by Crippen LogP contribution is 2.32. The minimum atomic E-state index is -0.727. The second-order valence-corrected chi connectivity index (χ2v) is 8.91. The third-order valence-corrected chi connectivity index (χ3v) is 6.49. The van der Waals surface area contributed by atoms with Crippen LogP contribution in [0.15, 0.2) is 78.0 Å². The summed E-state index contributed by atoms with van der Waals surface area (Å²) in [5.41, 5.74) is 6.71. The highest BCUT2D eigenvalue weighted by atomic mass is 127. The summed E-state index contributed by atoms with van der Waals surface area (Å²) in [5.74, 6) is -1.49. The summed E-state index contributed by atoms with van der Waals surface area (Å²) in [6.45, 7) is 0. The van der Waals surface area contributed by atoms with E-state index in [0.717, 1.165) is 0 Å². The van der Waals surface area contributed by atoms with Crippen LogP contribution in [0, 0.1) is 15.2 Å². The van der Waals surface area contributed by atoms with Gasteiger partial charge >= 0.3 is 0 Å². The fourth-order valence-corrected chi connectivity index (χ4v) is 4.39. The summed E-state index contributed by atoms with van der Waals surface area (Å²) in [4.78, 5) is 36.1. The number of hydrogen-bond donors (Lipinski definition) is 3. The summed E-state index contributed by atoms with van der Waals surface area (Å²) in [6.07, 6.45) is 4.40. The molecule has 0 unspecified atom stereocenters. The molecule has 184 valence electrons. The molecule has 0 aliphatic carbocycles. The number of carbonyl (C=O) groups is 1. The minimum absolute atomic E-state index is 0.0176. The van der Waals surface area contributed by atoms with Gasteiger partial charge in [-0.3, -0.25) is 9.59 Å². The van der Waals surface area contributed by atoms with E-state index in [1.54, 1.807) is 18.3 Å². The molecule has 1 amide bonds. The molecule has 0 atom stereocenters. The summed E-state index contributed by atoms with van der Waals surface area (Å²) in [5, 5.41) is 3.24. The molecular formula is C26H16F2IN5O3. The number of carbonyl (C=O) groups excluding carboxylic acids is 1. The van der Waals surface area contributed by atoms with Crippen LogP contribution in [0.25, 0.3) is 22.0 Å². The van der Waals surface area contributed by atoms with E-state index in [4.69, 9.17) is 10.5 Å². The number of benzene rings is 2. The highest BCUT2D eigenvalue weighted by Gasteiger charge is 2.16. The van der Waals surface area contributed by atoms with Gasteiger partial charge in [-0.15, -0.1) is 0 Å². The monoisotopic (exact) mass is 611 g/mol. The zero-order valence-electron chi connectivity index (χ0n) is 18.8. The Labute approximate surface area is 221 Å². The fourth-order valence-electron chi connectivity index (χ4n) is 3.69. The van der Waals surface area contributed by atoms with E-state index in [9.17, 15) is 18.4 Å². The molecule has 0 fully saturated rings. The van der Waals surface area contributed by atoms with Crippen LogP contribution in [0.5, 0.6) is 11.5 Å². The topological polar surface area (TPSA) is 123 Å². The van der Waals surface area contributed by atoms with Gasteiger partial charge in [-0.1, -0.05) is 12.1 Å². The molecule has 0 aliphatic rings. The van der Waals surface area contributed by atoms with Crippen molar-refractivity contribution in [3.8, 4) is 22.6 Å². The lowest BCUT2D eigenvalue weighted by molar-refractivity contribution is 0.0994. The largest absolute Gasteiger partial charge is 0.453 e. The van der Waals surface area contributed by atoms with E-state index < -0.39 is 17.5 Å². The summed E-state index contributed by atoms with van der Waals surface area (Å²) in [6, 6.07) is 12.9. The summed E-state index contributed by atoms with van der Waals surface area (Å²) < 4.78 is 34.3. The molecule has 8 nitrogen and oxygen atoms in total. The number of pyridine rings is 3. The van der Waals surface area contributed by atoms with Crippen molar-refractivity contribution >= 4 is 50.9 Å². The van der Waals surface area contributed by atoms with E-state index in [2.05, 4.69) is 20.3 Å². The SMILES string of the molecule is NC(=O)c1nccc(Oc2ccc(Nc3nccc4[nH]cc(-c5ccc(F)cc5)c(=O)c34)cc2F)c1I. The third-order valence-electron chi connectivity index (χ3n) is 5.45. The zero-order valence-corrected chi connectivity index (χ0v) is 20.9. The molecule has 0 radical (unpaired) electrons. The van der Waals surface area contributed by atoms with Crippen LogP contribution in [0.1, 0.15) is 10.5 Å². The molecule has 3 heterocycles. The molecule has 3 aromatic heterocycles. The number of halogens is 3. The lowest BCUT2D eigenvalue weighted by Crippen LogP contribution is -2.15. The molecule has 11 heteroatoms. The number of fused-ring (bicyclic) bond motifs is 1. The average molecular weight is 611 g/mol. The Kier molecular flexibility index (Phi) is 6.53. The Balaban J connectivity index is 1.47. The van der Waals surface area contributed by atoms with Gasteiger partial charge in [0, 0.05) is 42.0 Å². The predicted octanol–water partition coefficient (Wildman–Crippen LogP) is 5.50. The van der Waals surface area contributed by atoms with Gasteiger partial charge in [0.15, 0.2) is 11.6 Å². The molecule has 0 saturated heterocycles. The summed E-state index contributed by atoms with van der Waals surface area (Å²) >= 11 is 1.85. The van der Waals surface area contributed by atoms with E-state index in [1.807, 2.05) is 22.6 Å². The second-order valence-electron chi connectivity index (χ2n) is 7.83. The number of aromatic amines is 1. The van der Waals surface area contributed by atoms with Crippen LogP contribution >= 0.6 is 22.6 Å². The number of nitrogens with one attached hydrogen (secondary N) is 2. The van der Waals surface area contributed by atoms with Crippen molar-refractivity contribution in [2.24, 2.45) is 5.73 Å². The normalized spacial score (nSPS) is 10.9. The molecular weight excluding hydrogens is 595 g/mol. The van der Waals surface area contributed by atoms with Gasteiger partial charge in [0.2, 0.25) is 5.43 Å². The standard InChI is InChI=1S/C26H16F2IN5O3/c27-14-3-1-13(2-4-14)16-12-33-18-7-9-32-26(21(18)24(16)35)34-15-5-6-19(17(28)11-15)37-20-8-10-31-23(22(20)29)25(30)36/h1-12H,(H2,30,36)(H,32,34)(H,33,35).